The monoisotopic (exact) mass is 406 g/mol. The summed E-state index contributed by atoms with van der Waals surface area (Å²) in [5.74, 6) is 0.822. The summed E-state index contributed by atoms with van der Waals surface area (Å²) in [5.41, 5.74) is 8.58. The number of benzene rings is 2. The van der Waals surface area contributed by atoms with Crippen molar-refractivity contribution in [2.24, 2.45) is 0 Å². The van der Waals surface area contributed by atoms with Crippen molar-refractivity contribution < 1.29 is 10.2 Å². The quantitative estimate of drug-likeness (QED) is 0.529. The van der Waals surface area contributed by atoms with Crippen LogP contribution in [-0.4, -0.2) is 10.2 Å². The molecule has 0 saturated carbocycles. The van der Waals surface area contributed by atoms with Gasteiger partial charge in [-0.1, -0.05) is 53.7 Å². The van der Waals surface area contributed by atoms with Crippen LogP contribution in [0.2, 0.25) is 0 Å². The molecule has 30 heavy (non-hydrogen) atoms. The van der Waals surface area contributed by atoms with Crippen LogP contribution in [0.5, 0.6) is 11.5 Å². The van der Waals surface area contributed by atoms with Crippen molar-refractivity contribution in [1.82, 2.24) is 0 Å². The smallest absolute Gasteiger partial charge is 0.127 e. The number of rotatable bonds is 1. The van der Waals surface area contributed by atoms with E-state index in [1.807, 2.05) is 0 Å². The molecule has 0 fully saturated rings. The third-order valence-corrected chi connectivity index (χ3v) is 7.11. The van der Waals surface area contributed by atoms with Gasteiger partial charge in [-0.2, -0.15) is 0 Å². The molecule has 2 nitrogen and oxygen atoms in total. The van der Waals surface area contributed by atoms with Gasteiger partial charge in [0.25, 0.3) is 0 Å². The Balaban J connectivity index is 2.12. The molecule has 2 aliphatic rings. The van der Waals surface area contributed by atoms with E-state index in [1.54, 1.807) is 0 Å². The first kappa shape index (κ1) is 21.3. The van der Waals surface area contributed by atoms with Gasteiger partial charge in [0, 0.05) is 11.1 Å². The molecule has 0 aromatic heterocycles. The van der Waals surface area contributed by atoms with Crippen molar-refractivity contribution in [1.29, 1.82) is 0 Å². The molecule has 0 saturated heterocycles. The minimum Gasteiger partial charge on any atom is -0.507 e. The molecule has 0 atom stereocenters. The van der Waals surface area contributed by atoms with Crippen LogP contribution in [0.3, 0.4) is 0 Å². The Morgan fingerprint density at radius 2 is 0.900 bits per heavy atom. The third-order valence-electron chi connectivity index (χ3n) is 7.11. The Kier molecular flexibility index (Phi) is 5.19. The lowest BCUT2D eigenvalue weighted by Crippen LogP contribution is -2.20. The van der Waals surface area contributed by atoms with Gasteiger partial charge in [0.2, 0.25) is 0 Å². The average Bonchev–Trinajstić information content (AvgIpc) is 2.67. The lowest BCUT2D eigenvalue weighted by atomic mass is 9.72. The van der Waals surface area contributed by atoms with Crippen LogP contribution >= 0.6 is 0 Å². The molecule has 2 aromatic rings. The molecule has 0 spiro atoms. The summed E-state index contributed by atoms with van der Waals surface area (Å²) in [5, 5.41) is 23.3. The highest BCUT2D eigenvalue weighted by atomic mass is 16.3. The van der Waals surface area contributed by atoms with Gasteiger partial charge in [-0.15, -0.1) is 0 Å². The maximum atomic E-state index is 11.6. The van der Waals surface area contributed by atoms with Gasteiger partial charge in [-0.25, -0.2) is 0 Å². The first-order valence-corrected chi connectivity index (χ1v) is 11.8. The fourth-order valence-electron chi connectivity index (χ4n) is 5.46. The zero-order valence-corrected chi connectivity index (χ0v) is 19.7. The molecule has 2 N–H and O–H groups in total. The Labute approximate surface area is 182 Å². The molecule has 2 aromatic carbocycles. The largest absolute Gasteiger partial charge is 0.507 e. The summed E-state index contributed by atoms with van der Waals surface area (Å²) in [7, 11) is 0. The molecule has 0 radical (unpaired) electrons. The SMILES string of the molecule is CC(C)(C)c1cc2c(c(O)c1-c1c(C(C)(C)C)cc3c(c1O)CCCC3)CCCC2. The van der Waals surface area contributed by atoms with Crippen LogP contribution in [0.15, 0.2) is 12.1 Å². The normalized spacial score (nSPS) is 16.9. The highest BCUT2D eigenvalue weighted by Crippen LogP contribution is 2.52. The number of phenolic OH excluding ortho intramolecular Hbond substituents is 2. The minimum absolute atomic E-state index is 0.128. The first-order chi connectivity index (χ1) is 14.0. The summed E-state index contributed by atoms with van der Waals surface area (Å²) >= 11 is 0. The van der Waals surface area contributed by atoms with E-state index in [4.69, 9.17) is 0 Å². The van der Waals surface area contributed by atoms with Gasteiger partial charge >= 0.3 is 0 Å². The second kappa shape index (κ2) is 7.32. The van der Waals surface area contributed by atoms with E-state index >= 15 is 0 Å². The van der Waals surface area contributed by atoms with E-state index in [-0.39, 0.29) is 10.8 Å². The van der Waals surface area contributed by atoms with Crippen molar-refractivity contribution in [3.63, 3.8) is 0 Å². The molecule has 162 valence electrons. The van der Waals surface area contributed by atoms with E-state index in [1.165, 1.54) is 24.0 Å². The lowest BCUT2D eigenvalue weighted by molar-refractivity contribution is 0.449. The molecule has 0 heterocycles. The Morgan fingerprint density at radius 1 is 0.567 bits per heavy atom. The maximum absolute atomic E-state index is 11.6. The summed E-state index contributed by atoms with van der Waals surface area (Å²) in [6.07, 6.45) is 8.54. The molecule has 0 aliphatic heterocycles. The van der Waals surface area contributed by atoms with Crippen molar-refractivity contribution >= 4 is 0 Å². The van der Waals surface area contributed by atoms with Gasteiger partial charge < -0.3 is 10.2 Å². The predicted molar refractivity (Wildman–Crippen MR) is 126 cm³/mol. The molecule has 4 rings (SSSR count). The molecule has 0 amide bonds. The fraction of sp³-hybridized carbons (Fsp3) is 0.571. The summed E-state index contributed by atoms with van der Waals surface area (Å²) < 4.78 is 0. The van der Waals surface area contributed by atoms with Gasteiger partial charge in [-0.3, -0.25) is 0 Å². The van der Waals surface area contributed by atoms with E-state index < -0.39 is 0 Å². The number of hydrogen-bond donors (Lipinski definition) is 2. The number of hydrogen-bond acceptors (Lipinski definition) is 2. The van der Waals surface area contributed by atoms with Crippen LogP contribution < -0.4 is 0 Å². The van der Waals surface area contributed by atoms with Gasteiger partial charge in [0.05, 0.1) is 0 Å². The zero-order chi connectivity index (χ0) is 21.8. The molecular formula is C28H38O2. The van der Waals surface area contributed by atoms with Gasteiger partial charge in [0.1, 0.15) is 11.5 Å². The van der Waals surface area contributed by atoms with Crippen LogP contribution in [0, 0.1) is 0 Å². The summed E-state index contributed by atoms with van der Waals surface area (Å²) in [6.45, 7) is 13.3. The standard InChI is InChI=1S/C28H38O2/c1-27(2,3)21-15-17-11-7-9-13-19(17)25(29)23(21)24-22(28(4,5)6)16-18-12-8-10-14-20(18)26(24)30/h15-16,29-30H,7-14H2,1-6H3. The summed E-state index contributed by atoms with van der Waals surface area (Å²) in [6, 6.07) is 4.66. The van der Waals surface area contributed by atoms with Crippen LogP contribution in [0.25, 0.3) is 11.1 Å². The van der Waals surface area contributed by atoms with E-state index in [0.717, 1.165) is 71.9 Å². The molecule has 0 bridgehead atoms. The predicted octanol–water partition coefficient (Wildman–Crippen LogP) is 7.12. The van der Waals surface area contributed by atoms with Crippen molar-refractivity contribution in [2.45, 2.75) is 104 Å². The number of fused-ring (bicyclic) bond motifs is 2. The van der Waals surface area contributed by atoms with Crippen molar-refractivity contribution in [2.75, 3.05) is 0 Å². The molecule has 2 heteroatoms. The minimum atomic E-state index is -0.128. The Hall–Kier alpha value is -1.96. The van der Waals surface area contributed by atoms with Gasteiger partial charge in [-0.05, 0) is 95.6 Å². The number of aryl methyl sites for hydroxylation is 2. The second-order valence-corrected chi connectivity index (χ2v) is 11.5. The highest BCUT2D eigenvalue weighted by Gasteiger charge is 2.33. The van der Waals surface area contributed by atoms with Crippen molar-refractivity contribution in [3.05, 3.63) is 45.5 Å². The van der Waals surface area contributed by atoms with Crippen molar-refractivity contribution in [3.8, 4) is 22.6 Å². The van der Waals surface area contributed by atoms with Crippen LogP contribution in [0.4, 0.5) is 0 Å². The lowest BCUT2D eigenvalue weighted by Gasteiger charge is -2.33. The highest BCUT2D eigenvalue weighted by molar-refractivity contribution is 5.86. The maximum Gasteiger partial charge on any atom is 0.127 e. The number of phenols is 2. The van der Waals surface area contributed by atoms with Gasteiger partial charge in [0.15, 0.2) is 0 Å². The molecule has 2 aliphatic carbocycles. The molecule has 0 unspecified atom stereocenters. The third kappa shape index (κ3) is 3.53. The van der Waals surface area contributed by atoms with E-state index in [2.05, 4.69) is 53.7 Å². The van der Waals surface area contributed by atoms with Crippen LogP contribution in [0.1, 0.15) is 101 Å². The molecular weight excluding hydrogens is 368 g/mol. The fourth-order valence-corrected chi connectivity index (χ4v) is 5.46. The topological polar surface area (TPSA) is 40.5 Å². The average molecular weight is 407 g/mol. The Bertz CT molecular complexity index is 902. The summed E-state index contributed by atoms with van der Waals surface area (Å²) in [4.78, 5) is 0. The zero-order valence-electron chi connectivity index (χ0n) is 19.7. The second-order valence-electron chi connectivity index (χ2n) is 11.5. The number of aromatic hydroxyl groups is 2. The Morgan fingerprint density at radius 3 is 1.23 bits per heavy atom. The van der Waals surface area contributed by atoms with Crippen LogP contribution in [-0.2, 0) is 36.5 Å². The van der Waals surface area contributed by atoms with E-state index in [0.29, 0.717) is 11.5 Å². The first-order valence-electron chi connectivity index (χ1n) is 11.8. The van der Waals surface area contributed by atoms with E-state index in [9.17, 15) is 10.2 Å².